The van der Waals surface area contributed by atoms with E-state index in [9.17, 15) is 0 Å². The number of ether oxygens (including phenoxy) is 1. The van der Waals surface area contributed by atoms with Gasteiger partial charge in [-0.25, -0.2) is 0 Å². The molecule has 0 bridgehead atoms. The summed E-state index contributed by atoms with van der Waals surface area (Å²) >= 11 is 0. The van der Waals surface area contributed by atoms with Crippen molar-refractivity contribution in [2.24, 2.45) is 17.8 Å². The van der Waals surface area contributed by atoms with Crippen LogP contribution in [0.5, 0.6) is 0 Å². The first-order chi connectivity index (χ1) is 9.61. The maximum absolute atomic E-state index is 6.45. The molecule has 1 saturated carbocycles. The van der Waals surface area contributed by atoms with Crippen LogP contribution in [0.25, 0.3) is 0 Å². The Morgan fingerprint density at radius 3 is 2.50 bits per heavy atom. The van der Waals surface area contributed by atoms with Crippen molar-refractivity contribution in [3.05, 3.63) is 48.6 Å². The topological polar surface area (TPSA) is 9.23 Å². The second-order valence-electron chi connectivity index (χ2n) is 6.57. The van der Waals surface area contributed by atoms with Crippen LogP contribution in [0.3, 0.4) is 0 Å². The Bertz CT molecular complexity index is 409. The van der Waals surface area contributed by atoms with Crippen LogP contribution in [0.15, 0.2) is 43.0 Å². The molecule has 0 aliphatic heterocycles. The monoisotopic (exact) mass is 272 g/mol. The minimum atomic E-state index is 0.0211. The summed E-state index contributed by atoms with van der Waals surface area (Å²) in [4.78, 5) is 0. The van der Waals surface area contributed by atoms with E-state index in [0.29, 0.717) is 17.9 Å². The maximum atomic E-state index is 6.45. The van der Waals surface area contributed by atoms with Gasteiger partial charge in [-0.05, 0) is 36.2 Å². The van der Waals surface area contributed by atoms with E-state index in [2.05, 4.69) is 51.6 Å². The van der Waals surface area contributed by atoms with Crippen molar-refractivity contribution in [1.82, 2.24) is 0 Å². The predicted octanol–water partition coefficient (Wildman–Crippen LogP) is 5.39. The van der Waals surface area contributed by atoms with Gasteiger partial charge in [0.1, 0.15) is 6.10 Å². The van der Waals surface area contributed by atoms with E-state index >= 15 is 0 Å². The molecule has 0 aromatic heterocycles. The molecule has 1 heteroatoms. The van der Waals surface area contributed by atoms with Crippen molar-refractivity contribution in [3.8, 4) is 0 Å². The third-order valence-electron chi connectivity index (χ3n) is 4.62. The van der Waals surface area contributed by atoms with Crippen molar-refractivity contribution in [2.45, 2.75) is 52.2 Å². The average molecular weight is 272 g/mol. The van der Waals surface area contributed by atoms with Crippen LogP contribution in [0.4, 0.5) is 0 Å². The third kappa shape index (κ3) is 3.73. The highest BCUT2D eigenvalue weighted by Gasteiger charge is 2.32. The molecule has 0 N–H and O–H groups in total. The lowest BCUT2D eigenvalue weighted by molar-refractivity contribution is -0.0651. The van der Waals surface area contributed by atoms with Crippen molar-refractivity contribution < 1.29 is 4.74 Å². The third-order valence-corrected chi connectivity index (χ3v) is 4.62. The summed E-state index contributed by atoms with van der Waals surface area (Å²) in [7, 11) is 0. The molecular formula is C19H28O. The molecule has 0 radical (unpaired) electrons. The Hall–Kier alpha value is -1.08. The van der Waals surface area contributed by atoms with Gasteiger partial charge in [0.15, 0.2) is 0 Å². The highest BCUT2D eigenvalue weighted by Crippen LogP contribution is 2.37. The van der Waals surface area contributed by atoms with Gasteiger partial charge < -0.3 is 4.74 Å². The highest BCUT2D eigenvalue weighted by atomic mass is 16.5. The Morgan fingerprint density at radius 1 is 1.20 bits per heavy atom. The number of rotatable bonds is 5. The van der Waals surface area contributed by atoms with E-state index in [-0.39, 0.29) is 6.10 Å². The Morgan fingerprint density at radius 2 is 1.90 bits per heavy atom. The molecule has 1 aromatic carbocycles. The zero-order valence-electron chi connectivity index (χ0n) is 13.1. The van der Waals surface area contributed by atoms with Crippen molar-refractivity contribution in [2.75, 3.05) is 0 Å². The van der Waals surface area contributed by atoms with E-state index < -0.39 is 0 Å². The molecule has 0 saturated heterocycles. The molecule has 0 spiro atoms. The molecule has 0 heterocycles. The van der Waals surface area contributed by atoms with Crippen LogP contribution in [0, 0.1) is 17.8 Å². The number of hydrogen-bond donors (Lipinski definition) is 0. The van der Waals surface area contributed by atoms with Crippen molar-refractivity contribution in [1.29, 1.82) is 0 Å². The van der Waals surface area contributed by atoms with Crippen LogP contribution in [-0.2, 0) is 4.74 Å². The van der Waals surface area contributed by atoms with Gasteiger partial charge in [-0.3, -0.25) is 0 Å². The minimum Gasteiger partial charge on any atom is -0.366 e. The van der Waals surface area contributed by atoms with Gasteiger partial charge in [0.05, 0.1) is 6.10 Å². The van der Waals surface area contributed by atoms with Crippen LogP contribution >= 0.6 is 0 Å². The summed E-state index contributed by atoms with van der Waals surface area (Å²) < 4.78 is 6.45. The van der Waals surface area contributed by atoms with Crippen LogP contribution in [0.1, 0.15) is 51.7 Å². The fraction of sp³-hybridized carbons (Fsp3) is 0.579. The first-order valence-corrected chi connectivity index (χ1v) is 7.94. The van der Waals surface area contributed by atoms with Gasteiger partial charge >= 0.3 is 0 Å². The molecule has 20 heavy (non-hydrogen) atoms. The molecule has 2 rings (SSSR count). The predicted molar refractivity (Wildman–Crippen MR) is 85.6 cm³/mol. The SMILES string of the molecule is C=CC(O[C@@H]1C[C@H](C)CC[C@H]1C(C)C)c1ccccc1. The number of hydrogen-bond acceptors (Lipinski definition) is 1. The average Bonchev–Trinajstić information content (AvgIpc) is 2.45. The van der Waals surface area contributed by atoms with Gasteiger partial charge in [0, 0.05) is 0 Å². The van der Waals surface area contributed by atoms with Crippen LogP contribution < -0.4 is 0 Å². The standard InChI is InChI=1S/C19H28O/c1-5-18(16-9-7-6-8-10-16)20-19-13-15(4)11-12-17(19)14(2)3/h5-10,14-15,17-19H,1,11-13H2,2-4H3/t15-,17+,18?,19-/m1/s1. The molecule has 1 unspecified atom stereocenters. The van der Waals surface area contributed by atoms with Crippen molar-refractivity contribution in [3.63, 3.8) is 0 Å². The Kier molecular flexibility index (Phi) is 5.42. The lowest BCUT2D eigenvalue weighted by Crippen LogP contribution is -2.35. The van der Waals surface area contributed by atoms with E-state index in [4.69, 9.17) is 4.74 Å². The lowest BCUT2D eigenvalue weighted by atomic mass is 9.75. The minimum absolute atomic E-state index is 0.0211. The molecule has 1 aromatic rings. The summed E-state index contributed by atoms with van der Waals surface area (Å²) in [5.41, 5.74) is 1.21. The van der Waals surface area contributed by atoms with Gasteiger partial charge in [-0.1, -0.05) is 63.6 Å². The summed E-state index contributed by atoms with van der Waals surface area (Å²) in [6.07, 6.45) is 6.13. The second kappa shape index (κ2) is 7.08. The van der Waals surface area contributed by atoms with Gasteiger partial charge in [-0.2, -0.15) is 0 Å². The quantitative estimate of drug-likeness (QED) is 0.653. The zero-order chi connectivity index (χ0) is 14.5. The smallest absolute Gasteiger partial charge is 0.101 e. The lowest BCUT2D eigenvalue weighted by Gasteiger charge is -2.38. The first-order valence-electron chi connectivity index (χ1n) is 7.94. The second-order valence-corrected chi connectivity index (χ2v) is 6.57. The van der Waals surface area contributed by atoms with E-state index in [1.807, 2.05) is 12.1 Å². The first kappa shape index (κ1) is 15.3. The van der Waals surface area contributed by atoms with Gasteiger partial charge in [0.2, 0.25) is 0 Å². The normalized spacial score (nSPS) is 28.3. The maximum Gasteiger partial charge on any atom is 0.101 e. The molecule has 1 fully saturated rings. The molecule has 1 aliphatic rings. The Labute approximate surface area is 124 Å². The van der Waals surface area contributed by atoms with Gasteiger partial charge in [0.25, 0.3) is 0 Å². The summed E-state index contributed by atoms with van der Waals surface area (Å²) in [5.74, 6) is 2.14. The summed E-state index contributed by atoms with van der Waals surface area (Å²) in [5, 5.41) is 0. The van der Waals surface area contributed by atoms with E-state index in [0.717, 1.165) is 5.92 Å². The van der Waals surface area contributed by atoms with Crippen molar-refractivity contribution >= 4 is 0 Å². The molecular weight excluding hydrogens is 244 g/mol. The fourth-order valence-corrected chi connectivity index (χ4v) is 3.37. The number of benzene rings is 1. The largest absolute Gasteiger partial charge is 0.366 e. The van der Waals surface area contributed by atoms with Crippen LogP contribution in [-0.4, -0.2) is 6.10 Å². The molecule has 4 atom stereocenters. The molecule has 110 valence electrons. The molecule has 1 aliphatic carbocycles. The fourth-order valence-electron chi connectivity index (χ4n) is 3.37. The zero-order valence-corrected chi connectivity index (χ0v) is 13.1. The summed E-state index contributed by atoms with van der Waals surface area (Å²) in [6, 6.07) is 10.4. The van der Waals surface area contributed by atoms with Crippen LogP contribution in [0.2, 0.25) is 0 Å². The molecule has 1 nitrogen and oxygen atoms in total. The van der Waals surface area contributed by atoms with E-state index in [1.54, 1.807) is 0 Å². The van der Waals surface area contributed by atoms with E-state index in [1.165, 1.54) is 24.8 Å². The summed E-state index contributed by atoms with van der Waals surface area (Å²) in [6.45, 7) is 11.0. The van der Waals surface area contributed by atoms with Gasteiger partial charge in [-0.15, -0.1) is 6.58 Å². The highest BCUT2D eigenvalue weighted by molar-refractivity contribution is 5.20. The Balaban J connectivity index is 2.10. The molecule has 0 amide bonds.